The van der Waals surface area contributed by atoms with Gasteiger partial charge in [0.1, 0.15) is 5.82 Å². The Morgan fingerprint density at radius 1 is 1.12 bits per heavy atom. The van der Waals surface area contributed by atoms with Gasteiger partial charge >= 0.3 is 0 Å². The van der Waals surface area contributed by atoms with E-state index in [1.807, 2.05) is 0 Å². The summed E-state index contributed by atoms with van der Waals surface area (Å²) >= 11 is 0. The quantitative estimate of drug-likeness (QED) is 0.903. The number of likely N-dealkylation sites (tertiary alicyclic amines) is 1. The van der Waals surface area contributed by atoms with Gasteiger partial charge in [0, 0.05) is 39.3 Å². The fraction of sp³-hybridized carbons (Fsp3) is 0.611. The van der Waals surface area contributed by atoms with Gasteiger partial charge in [0.25, 0.3) is 5.91 Å². The third-order valence-electron chi connectivity index (χ3n) is 4.79. The van der Waals surface area contributed by atoms with E-state index in [4.69, 9.17) is 4.74 Å². The number of hydrogen-bond donors (Lipinski definition) is 1. The number of carbonyl (C=O) groups is 1. The molecule has 2 saturated heterocycles. The Hall–Kier alpha value is -1.50. The van der Waals surface area contributed by atoms with Gasteiger partial charge in [-0.05, 0) is 37.0 Å². The van der Waals surface area contributed by atoms with E-state index in [0.29, 0.717) is 32.7 Å². The third kappa shape index (κ3) is 4.12. The molecule has 1 aromatic carbocycles. The van der Waals surface area contributed by atoms with E-state index in [1.165, 1.54) is 12.1 Å². The standard InChI is InChI=1S/C18H25FN2O3/c19-16-5-3-15(4-6-16)13-21-9-1-7-18(23,17(21)22)14-20-8-2-11-24-12-10-20/h3-6,23H,1-2,7-14H2. The summed E-state index contributed by atoms with van der Waals surface area (Å²) in [6, 6.07) is 6.16. The number of β-amino-alcohol motifs (C(OH)–C–C–N with tert-alkyl or cyclic N) is 1. The van der Waals surface area contributed by atoms with Gasteiger partial charge in [0.2, 0.25) is 0 Å². The van der Waals surface area contributed by atoms with Gasteiger partial charge in [0.05, 0.1) is 6.61 Å². The van der Waals surface area contributed by atoms with Crippen molar-refractivity contribution in [2.24, 2.45) is 0 Å². The van der Waals surface area contributed by atoms with Gasteiger partial charge in [-0.3, -0.25) is 9.69 Å². The van der Waals surface area contributed by atoms with Crippen LogP contribution < -0.4 is 0 Å². The Morgan fingerprint density at radius 3 is 2.71 bits per heavy atom. The second kappa shape index (κ2) is 7.59. The normalized spacial score (nSPS) is 26.4. The third-order valence-corrected chi connectivity index (χ3v) is 4.79. The Bertz CT molecular complexity index is 558. The van der Waals surface area contributed by atoms with Crippen LogP contribution in [0.4, 0.5) is 4.39 Å². The molecule has 1 N–H and O–H groups in total. The second-order valence-electron chi connectivity index (χ2n) is 6.73. The fourth-order valence-corrected chi connectivity index (χ4v) is 3.50. The number of aliphatic hydroxyl groups is 1. The molecule has 1 amide bonds. The Labute approximate surface area is 142 Å². The van der Waals surface area contributed by atoms with Gasteiger partial charge in [-0.25, -0.2) is 4.39 Å². The summed E-state index contributed by atoms with van der Waals surface area (Å²) in [4.78, 5) is 16.6. The van der Waals surface area contributed by atoms with E-state index >= 15 is 0 Å². The molecule has 2 aliphatic rings. The first-order valence-electron chi connectivity index (χ1n) is 8.63. The summed E-state index contributed by atoms with van der Waals surface area (Å²) in [5.41, 5.74) is -0.458. The lowest BCUT2D eigenvalue weighted by Gasteiger charge is -2.40. The molecule has 2 heterocycles. The summed E-state index contributed by atoms with van der Waals surface area (Å²) in [5.74, 6) is -0.508. The summed E-state index contributed by atoms with van der Waals surface area (Å²) < 4.78 is 18.5. The molecule has 1 atom stereocenters. The summed E-state index contributed by atoms with van der Waals surface area (Å²) in [5, 5.41) is 10.9. The minimum atomic E-state index is -1.33. The van der Waals surface area contributed by atoms with Crippen LogP contribution in [0.3, 0.4) is 0 Å². The van der Waals surface area contributed by atoms with Gasteiger partial charge in [-0.2, -0.15) is 0 Å². The Kier molecular flexibility index (Phi) is 5.48. The van der Waals surface area contributed by atoms with Crippen molar-refractivity contribution in [2.75, 3.05) is 39.4 Å². The first-order chi connectivity index (χ1) is 11.6. The minimum Gasteiger partial charge on any atom is -0.380 e. The Morgan fingerprint density at radius 2 is 1.92 bits per heavy atom. The van der Waals surface area contributed by atoms with Crippen molar-refractivity contribution < 1.29 is 19.0 Å². The number of ether oxygens (including phenoxy) is 1. The van der Waals surface area contributed by atoms with Crippen LogP contribution in [0.2, 0.25) is 0 Å². The van der Waals surface area contributed by atoms with Crippen molar-refractivity contribution >= 4 is 5.91 Å². The molecular formula is C18H25FN2O3. The number of nitrogens with zero attached hydrogens (tertiary/aromatic N) is 2. The SMILES string of the molecule is O=C1N(Cc2ccc(F)cc2)CCCC1(O)CN1CCCOCC1. The summed E-state index contributed by atoms with van der Waals surface area (Å²) in [7, 11) is 0. The van der Waals surface area contributed by atoms with Crippen LogP contribution in [0.1, 0.15) is 24.8 Å². The lowest BCUT2D eigenvalue weighted by molar-refractivity contribution is -0.160. The second-order valence-corrected chi connectivity index (χ2v) is 6.73. The number of rotatable bonds is 4. The molecule has 0 spiro atoms. The molecule has 0 saturated carbocycles. The van der Waals surface area contributed by atoms with Crippen LogP contribution in [0.15, 0.2) is 24.3 Å². The molecule has 0 aromatic heterocycles. The summed E-state index contributed by atoms with van der Waals surface area (Å²) in [6.45, 7) is 4.35. The van der Waals surface area contributed by atoms with E-state index in [1.54, 1.807) is 17.0 Å². The van der Waals surface area contributed by atoms with Crippen LogP contribution in [-0.4, -0.2) is 65.8 Å². The minimum absolute atomic E-state index is 0.219. The number of hydrogen-bond acceptors (Lipinski definition) is 4. The van der Waals surface area contributed by atoms with Crippen molar-refractivity contribution in [3.8, 4) is 0 Å². The van der Waals surface area contributed by atoms with Crippen LogP contribution in [-0.2, 0) is 16.1 Å². The zero-order chi connectivity index (χ0) is 17.0. The van der Waals surface area contributed by atoms with Crippen molar-refractivity contribution in [2.45, 2.75) is 31.4 Å². The lowest BCUT2D eigenvalue weighted by atomic mass is 9.90. The van der Waals surface area contributed by atoms with Gasteiger partial charge in [0.15, 0.2) is 5.60 Å². The largest absolute Gasteiger partial charge is 0.380 e. The average molecular weight is 336 g/mol. The molecule has 24 heavy (non-hydrogen) atoms. The molecule has 2 fully saturated rings. The van der Waals surface area contributed by atoms with Crippen molar-refractivity contribution in [1.29, 1.82) is 0 Å². The molecule has 0 bridgehead atoms. The van der Waals surface area contributed by atoms with E-state index in [-0.39, 0.29) is 11.7 Å². The highest BCUT2D eigenvalue weighted by atomic mass is 19.1. The van der Waals surface area contributed by atoms with Gasteiger partial charge in [-0.15, -0.1) is 0 Å². The molecule has 3 rings (SSSR count). The number of amides is 1. The molecular weight excluding hydrogens is 311 g/mol. The molecule has 1 unspecified atom stereocenters. The molecule has 6 heteroatoms. The van der Waals surface area contributed by atoms with Crippen LogP contribution in [0.25, 0.3) is 0 Å². The van der Waals surface area contributed by atoms with E-state index in [0.717, 1.165) is 38.1 Å². The predicted molar refractivity (Wildman–Crippen MR) is 87.9 cm³/mol. The monoisotopic (exact) mass is 336 g/mol. The van der Waals surface area contributed by atoms with E-state index < -0.39 is 5.60 Å². The van der Waals surface area contributed by atoms with E-state index in [9.17, 15) is 14.3 Å². The number of halogens is 1. The average Bonchev–Trinajstić information content (AvgIpc) is 2.83. The van der Waals surface area contributed by atoms with E-state index in [2.05, 4.69) is 4.90 Å². The summed E-state index contributed by atoms with van der Waals surface area (Å²) in [6.07, 6.45) is 2.18. The van der Waals surface area contributed by atoms with Crippen LogP contribution in [0, 0.1) is 5.82 Å². The van der Waals surface area contributed by atoms with Crippen LogP contribution >= 0.6 is 0 Å². The van der Waals surface area contributed by atoms with Crippen molar-refractivity contribution in [3.05, 3.63) is 35.6 Å². The first-order valence-corrected chi connectivity index (χ1v) is 8.63. The van der Waals surface area contributed by atoms with Crippen molar-refractivity contribution in [3.63, 3.8) is 0 Å². The van der Waals surface area contributed by atoms with Crippen LogP contribution in [0.5, 0.6) is 0 Å². The zero-order valence-corrected chi connectivity index (χ0v) is 13.9. The highest BCUT2D eigenvalue weighted by Crippen LogP contribution is 2.25. The molecule has 0 radical (unpaired) electrons. The Balaban J connectivity index is 1.65. The molecule has 1 aromatic rings. The smallest absolute Gasteiger partial charge is 0.256 e. The number of piperidine rings is 1. The maximum absolute atomic E-state index is 13.0. The molecule has 5 nitrogen and oxygen atoms in total. The topological polar surface area (TPSA) is 53.0 Å². The number of carbonyl (C=O) groups excluding carboxylic acids is 1. The van der Waals surface area contributed by atoms with Gasteiger partial charge in [-0.1, -0.05) is 12.1 Å². The lowest BCUT2D eigenvalue weighted by Crippen LogP contribution is -2.58. The number of benzene rings is 1. The molecule has 0 aliphatic carbocycles. The maximum atomic E-state index is 13.0. The zero-order valence-electron chi connectivity index (χ0n) is 13.9. The highest BCUT2D eigenvalue weighted by molar-refractivity contribution is 5.86. The first kappa shape index (κ1) is 17.3. The molecule has 2 aliphatic heterocycles. The highest BCUT2D eigenvalue weighted by Gasteiger charge is 2.43. The van der Waals surface area contributed by atoms with Gasteiger partial charge < -0.3 is 14.7 Å². The van der Waals surface area contributed by atoms with Crippen molar-refractivity contribution in [1.82, 2.24) is 9.80 Å². The maximum Gasteiger partial charge on any atom is 0.256 e. The fourth-order valence-electron chi connectivity index (χ4n) is 3.50. The molecule has 132 valence electrons. The predicted octanol–water partition coefficient (Wildman–Crippen LogP) is 1.40.